The second kappa shape index (κ2) is 8.18. The highest BCUT2D eigenvalue weighted by Crippen LogP contribution is 2.32. The molecule has 0 bridgehead atoms. The van der Waals surface area contributed by atoms with Crippen LogP contribution in [0.1, 0.15) is 29.8 Å². The van der Waals surface area contributed by atoms with Crippen LogP contribution in [0.15, 0.2) is 47.3 Å². The molecule has 150 valence electrons. The van der Waals surface area contributed by atoms with E-state index >= 15 is 0 Å². The molecule has 0 saturated carbocycles. The predicted molar refractivity (Wildman–Crippen MR) is 111 cm³/mol. The Morgan fingerprint density at radius 1 is 1.10 bits per heavy atom. The smallest absolute Gasteiger partial charge is 0.308 e. The summed E-state index contributed by atoms with van der Waals surface area (Å²) < 4.78 is 11.9. The summed E-state index contributed by atoms with van der Waals surface area (Å²) >= 11 is 0. The molecule has 3 aromatic rings. The van der Waals surface area contributed by atoms with E-state index in [-0.39, 0.29) is 11.3 Å². The molecule has 0 radical (unpaired) electrons. The highest BCUT2D eigenvalue weighted by molar-refractivity contribution is 6.10. The second-order valence-corrected chi connectivity index (χ2v) is 6.51. The van der Waals surface area contributed by atoms with Crippen LogP contribution in [-0.4, -0.2) is 23.6 Å². The minimum Gasteiger partial charge on any atom is -0.497 e. The molecule has 0 atom stereocenters. The number of amides is 1. The number of esters is 1. The number of carbonyl (C=O) groups is 2. The van der Waals surface area contributed by atoms with Gasteiger partial charge in [0.25, 0.3) is 11.5 Å². The zero-order valence-electron chi connectivity index (χ0n) is 16.7. The molecule has 1 heterocycles. The first-order chi connectivity index (χ1) is 13.9. The van der Waals surface area contributed by atoms with Crippen LogP contribution in [0.4, 0.5) is 5.69 Å². The fourth-order valence-electron chi connectivity index (χ4n) is 3.24. The van der Waals surface area contributed by atoms with Crippen molar-refractivity contribution in [3.8, 4) is 11.5 Å². The van der Waals surface area contributed by atoms with Gasteiger partial charge >= 0.3 is 5.97 Å². The summed E-state index contributed by atoms with van der Waals surface area (Å²) in [6.45, 7) is 3.19. The average molecular weight is 394 g/mol. The summed E-state index contributed by atoms with van der Waals surface area (Å²) in [5.41, 5.74) is 1.18. The van der Waals surface area contributed by atoms with Crippen molar-refractivity contribution in [2.45, 2.75) is 20.3 Å². The van der Waals surface area contributed by atoms with E-state index < -0.39 is 17.4 Å². The molecule has 7 nitrogen and oxygen atoms in total. The van der Waals surface area contributed by atoms with Crippen LogP contribution in [-0.2, 0) is 18.3 Å². The molecule has 0 saturated heterocycles. The monoisotopic (exact) mass is 394 g/mol. The molecule has 0 fully saturated rings. The summed E-state index contributed by atoms with van der Waals surface area (Å²) in [6, 6.07) is 12.2. The second-order valence-electron chi connectivity index (χ2n) is 6.51. The first-order valence-electron chi connectivity index (χ1n) is 9.15. The Morgan fingerprint density at radius 2 is 1.79 bits per heavy atom. The van der Waals surface area contributed by atoms with Gasteiger partial charge in [0.05, 0.1) is 12.6 Å². The average Bonchev–Trinajstić information content (AvgIpc) is 2.71. The number of methoxy groups -OCH3 is 1. The minimum absolute atomic E-state index is 0.0148. The SMILES string of the molecule is CCc1cccc2c1c(OC(C)=O)c(C(=O)Nc1ccc(OC)cc1)c(=O)n2C. The quantitative estimate of drug-likeness (QED) is 0.671. The number of pyridine rings is 1. The molecule has 2 aromatic carbocycles. The van der Waals surface area contributed by atoms with Crippen LogP contribution in [0.3, 0.4) is 0 Å². The Hall–Kier alpha value is -3.61. The third-order valence-corrected chi connectivity index (χ3v) is 4.66. The highest BCUT2D eigenvalue weighted by atomic mass is 16.5. The van der Waals surface area contributed by atoms with Crippen LogP contribution < -0.4 is 20.3 Å². The maximum Gasteiger partial charge on any atom is 0.308 e. The summed E-state index contributed by atoms with van der Waals surface area (Å²) in [7, 11) is 3.13. The van der Waals surface area contributed by atoms with Crippen molar-refractivity contribution in [2.24, 2.45) is 7.05 Å². The van der Waals surface area contributed by atoms with Crippen molar-refractivity contribution in [2.75, 3.05) is 12.4 Å². The summed E-state index contributed by atoms with van der Waals surface area (Å²) in [5.74, 6) is -0.638. The lowest BCUT2D eigenvalue weighted by molar-refractivity contribution is -0.131. The number of aryl methyl sites for hydroxylation is 2. The summed E-state index contributed by atoms with van der Waals surface area (Å²) in [5, 5.41) is 3.27. The van der Waals surface area contributed by atoms with Crippen LogP contribution >= 0.6 is 0 Å². The maximum absolute atomic E-state index is 13.0. The fraction of sp³-hybridized carbons (Fsp3) is 0.227. The highest BCUT2D eigenvalue weighted by Gasteiger charge is 2.25. The van der Waals surface area contributed by atoms with Crippen LogP contribution in [0.2, 0.25) is 0 Å². The lowest BCUT2D eigenvalue weighted by atomic mass is 10.0. The Morgan fingerprint density at radius 3 is 2.38 bits per heavy atom. The molecular formula is C22H22N2O5. The summed E-state index contributed by atoms with van der Waals surface area (Å²) in [6.07, 6.45) is 0.642. The van der Waals surface area contributed by atoms with Gasteiger partial charge in [-0.25, -0.2) is 0 Å². The largest absolute Gasteiger partial charge is 0.497 e. The summed E-state index contributed by atoms with van der Waals surface area (Å²) in [4.78, 5) is 37.8. The van der Waals surface area contributed by atoms with E-state index in [1.165, 1.54) is 11.5 Å². The molecule has 0 spiro atoms. The third kappa shape index (κ3) is 3.85. The van der Waals surface area contributed by atoms with Crippen molar-refractivity contribution >= 4 is 28.5 Å². The van der Waals surface area contributed by atoms with Gasteiger partial charge in [-0.15, -0.1) is 0 Å². The van der Waals surface area contributed by atoms with Gasteiger partial charge in [0.1, 0.15) is 11.3 Å². The van der Waals surface area contributed by atoms with E-state index in [4.69, 9.17) is 9.47 Å². The van der Waals surface area contributed by atoms with E-state index in [0.29, 0.717) is 28.8 Å². The predicted octanol–water partition coefficient (Wildman–Crippen LogP) is 3.29. The van der Waals surface area contributed by atoms with Crippen molar-refractivity contribution < 1.29 is 19.1 Å². The van der Waals surface area contributed by atoms with E-state index in [9.17, 15) is 14.4 Å². The van der Waals surface area contributed by atoms with E-state index in [2.05, 4.69) is 5.32 Å². The number of nitrogens with zero attached hydrogens (tertiary/aromatic N) is 1. The Kier molecular flexibility index (Phi) is 5.68. The van der Waals surface area contributed by atoms with Crippen molar-refractivity contribution in [1.82, 2.24) is 4.57 Å². The molecule has 1 N–H and O–H groups in total. The number of carbonyl (C=O) groups excluding carboxylic acids is 2. The number of fused-ring (bicyclic) bond motifs is 1. The Balaban J connectivity index is 2.21. The molecule has 0 unspecified atom stereocenters. The van der Waals surface area contributed by atoms with Gasteiger partial charge in [0, 0.05) is 25.0 Å². The normalized spacial score (nSPS) is 10.6. The van der Waals surface area contributed by atoms with E-state index in [0.717, 1.165) is 5.56 Å². The number of anilines is 1. The van der Waals surface area contributed by atoms with Gasteiger partial charge in [0.15, 0.2) is 5.75 Å². The third-order valence-electron chi connectivity index (χ3n) is 4.66. The number of benzene rings is 2. The number of nitrogens with one attached hydrogen (secondary N) is 1. The van der Waals surface area contributed by atoms with E-state index in [1.54, 1.807) is 44.5 Å². The maximum atomic E-state index is 13.0. The van der Waals surface area contributed by atoms with E-state index in [1.807, 2.05) is 19.1 Å². The van der Waals surface area contributed by atoms with Gasteiger partial charge in [-0.1, -0.05) is 19.1 Å². The van der Waals surface area contributed by atoms with Crippen molar-refractivity contribution in [3.63, 3.8) is 0 Å². The zero-order chi connectivity index (χ0) is 21.1. The molecule has 7 heteroatoms. The number of hydrogen-bond donors (Lipinski definition) is 1. The lowest BCUT2D eigenvalue weighted by Gasteiger charge is -2.17. The fourth-order valence-corrected chi connectivity index (χ4v) is 3.24. The molecule has 3 rings (SSSR count). The molecular weight excluding hydrogens is 372 g/mol. The number of hydrogen-bond acceptors (Lipinski definition) is 5. The van der Waals surface area contributed by atoms with Crippen LogP contribution in [0, 0.1) is 0 Å². The van der Waals surface area contributed by atoms with Gasteiger partial charge < -0.3 is 19.4 Å². The first-order valence-corrected chi connectivity index (χ1v) is 9.15. The van der Waals surface area contributed by atoms with Gasteiger partial charge in [-0.05, 0) is 42.3 Å². The van der Waals surface area contributed by atoms with Crippen molar-refractivity contribution in [1.29, 1.82) is 0 Å². The molecule has 0 aliphatic heterocycles. The Bertz CT molecular complexity index is 1150. The molecule has 1 amide bonds. The van der Waals surface area contributed by atoms with Gasteiger partial charge in [-0.3, -0.25) is 14.4 Å². The number of aromatic nitrogens is 1. The van der Waals surface area contributed by atoms with Gasteiger partial charge in [0.2, 0.25) is 0 Å². The molecule has 0 aliphatic carbocycles. The number of rotatable bonds is 5. The molecule has 29 heavy (non-hydrogen) atoms. The number of ether oxygens (including phenoxy) is 2. The first kappa shape index (κ1) is 20.1. The topological polar surface area (TPSA) is 86.6 Å². The standard InChI is InChI=1S/C22H22N2O5/c1-5-14-7-6-8-17-18(14)20(29-13(2)25)19(22(27)24(17)3)21(26)23-15-9-11-16(28-4)12-10-15/h6-12H,5H2,1-4H3,(H,23,26). The minimum atomic E-state index is -0.653. The van der Waals surface area contributed by atoms with Crippen molar-refractivity contribution in [3.05, 3.63) is 63.9 Å². The zero-order valence-corrected chi connectivity index (χ0v) is 16.7. The lowest BCUT2D eigenvalue weighted by Crippen LogP contribution is -2.30. The van der Waals surface area contributed by atoms with Crippen LogP contribution in [0.5, 0.6) is 11.5 Å². The molecule has 0 aliphatic rings. The van der Waals surface area contributed by atoms with Gasteiger partial charge in [-0.2, -0.15) is 0 Å². The molecule has 1 aromatic heterocycles. The Labute approximate surface area is 167 Å². The van der Waals surface area contributed by atoms with Crippen LogP contribution in [0.25, 0.3) is 10.9 Å².